The lowest BCUT2D eigenvalue weighted by Gasteiger charge is -2.14. The van der Waals surface area contributed by atoms with Crippen molar-refractivity contribution in [1.29, 1.82) is 0 Å². The van der Waals surface area contributed by atoms with Crippen LogP contribution < -0.4 is 5.32 Å². The number of nitrogens with zero attached hydrogens (tertiary/aromatic N) is 3. The minimum Gasteiger partial charge on any atom is -0.376 e. The van der Waals surface area contributed by atoms with Crippen LogP contribution in [-0.2, 0) is 16.6 Å². The lowest BCUT2D eigenvalue weighted by atomic mass is 10.2. The van der Waals surface area contributed by atoms with E-state index in [0.717, 1.165) is 25.0 Å². The molecule has 1 aliphatic rings. The van der Waals surface area contributed by atoms with Crippen molar-refractivity contribution >= 4 is 17.7 Å². The van der Waals surface area contributed by atoms with E-state index in [9.17, 15) is 9.18 Å². The number of halogens is 1. The number of thioether (sulfide) groups is 1. The maximum atomic E-state index is 13.1. The Hall–Kier alpha value is -1.93. The van der Waals surface area contributed by atoms with Gasteiger partial charge in [-0.2, -0.15) is 0 Å². The Morgan fingerprint density at radius 3 is 2.88 bits per heavy atom. The fraction of sp³-hybridized carbons (Fsp3) is 0.471. The first-order valence-corrected chi connectivity index (χ1v) is 9.14. The van der Waals surface area contributed by atoms with E-state index in [1.807, 2.05) is 18.5 Å². The second kappa shape index (κ2) is 7.97. The van der Waals surface area contributed by atoms with Gasteiger partial charge in [0.15, 0.2) is 11.0 Å². The highest BCUT2D eigenvalue weighted by atomic mass is 32.2. The summed E-state index contributed by atoms with van der Waals surface area (Å²) in [5.41, 5.74) is 0.777. The molecule has 25 heavy (non-hydrogen) atoms. The van der Waals surface area contributed by atoms with Crippen LogP contribution in [0.3, 0.4) is 0 Å². The number of nitrogens with one attached hydrogen (secondary N) is 1. The van der Waals surface area contributed by atoms with E-state index in [-0.39, 0.29) is 23.1 Å². The molecule has 134 valence electrons. The SMILES string of the molecule is C[C@@H](Sc1nnc(-c2ccc(F)cc2)n1C)C(=O)NC[C@H]1CCCO1. The number of ether oxygens (including phenoxy) is 1. The second-order valence-corrected chi connectivity index (χ2v) is 7.32. The first-order valence-electron chi connectivity index (χ1n) is 8.26. The summed E-state index contributed by atoms with van der Waals surface area (Å²) >= 11 is 1.34. The molecular weight excluding hydrogens is 343 g/mol. The molecule has 1 aromatic carbocycles. The van der Waals surface area contributed by atoms with Crippen LogP contribution in [0, 0.1) is 5.82 Å². The molecule has 0 radical (unpaired) electrons. The van der Waals surface area contributed by atoms with Crippen molar-refractivity contribution in [3.05, 3.63) is 30.1 Å². The monoisotopic (exact) mass is 364 g/mol. The first-order chi connectivity index (χ1) is 12.0. The van der Waals surface area contributed by atoms with Crippen molar-refractivity contribution in [2.24, 2.45) is 7.05 Å². The van der Waals surface area contributed by atoms with Crippen LogP contribution in [0.1, 0.15) is 19.8 Å². The third kappa shape index (κ3) is 4.38. The Kier molecular flexibility index (Phi) is 5.70. The van der Waals surface area contributed by atoms with E-state index in [2.05, 4.69) is 15.5 Å². The van der Waals surface area contributed by atoms with E-state index in [4.69, 9.17) is 4.74 Å². The van der Waals surface area contributed by atoms with Crippen molar-refractivity contribution in [2.75, 3.05) is 13.2 Å². The van der Waals surface area contributed by atoms with Gasteiger partial charge in [-0.1, -0.05) is 11.8 Å². The molecule has 2 heterocycles. The lowest BCUT2D eigenvalue weighted by molar-refractivity contribution is -0.120. The molecular formula is C17H21FN4O2S. The molecule has 8 heteroatoms. The zero-order valence-electron chi connectivity index (χ0n) is 14.2. The Labute approximate surface area is 150 Å². The summed E-state index contributed by atoms with van der Waals surface area (Å²) in [4.78, 5) is 12.2. The van der Waals surface area contributed by atoms with Crippen LogP contribution in [0.5, 0.6) is 0 Å². The largest absolute Gasteiger partial charge is 0.376 e. The number of hydrogen-bond acceptors (Lipinski definition) is 5. The molecule has 0 bridgehead atoms. The van der Waals surface area contributed by atoms with Crippen LogP contribution in [0.15, 0.2) is 29.4 Å². The van der Waals surface area contributed by atoms with Gasteiger partial charge >= 0.3 is 0 Å². The molecule has 1 aliphatic heterocycles. The van der Waals surface area contributed by atoms with Crippen molar-refractivity contribution < 1.29 is 13.9 Å². The topological polar surface area (TPSA) is 69.0 Å². The molecule has 3 rings (SSSR count). The minimum atomic E-state index is -0.301. The molecule has 1 N–H and O–H groups in total. The molecule has 6 nitrogen and oxygen atoms in total. The number of benzene rings is 1. The zero-order valence-corrected chi connectivity index (χ0v) is 15.1. The van der Waals surface area contributed by atoms with Crippen molar-refractivity contribution in [1.82, 2.24) is 20.1 Å². The normalized spacial score (nSPS) is 18.3. The van der Waals surface area contributed by atoms with Gasteiger partial charge in [-0.15, -0.1) is 10.2 Å². The van der Waals surface area contributed by atoms with Crippen molar-refractivity contribution in [3.8, 4) is 11.4 Å². The third-order valence-corrected chi connectivity index (χ3v) is 5.25. The summed E-state index contributed by atoms with van der Waals surface area (Å²) in [6.07, 6.45) is 2.17. The summed E-state index contributed by atoms with van der Waals surface area (Å²) < 4.78 is 20.4. The molecule has 0 unspecified atom stereocenters. The fourth-order valence-electron chi connectivity index (χ4n) is 2.64. The summed E-state index contributed by atoms with van der Waals surface area (Å²) in [7, 11) is 1.83. The average molecular weight is 364 g/mol. The van der Waals surface area contributed by atoms with Crippen LogP contribution >= 0.6 is 11.8 Å². The van der Waals surface area contributed by atoms with E-state index in [1.165, 1.54) is 23.9 Å². The van der Waals surface area contributed by atoms with E-state index in [0.29, 0.717) is 17.5 Å². The number of hydrogen-bond donors (Lipinski definition) is 1. The van der Waals surface area contributed by atoms with Gasteiger partial charge < -0.3 is 14.6 Å². The zero-order chi connectivity index (χ0) is 17.8. The Balaban J connectivity index is 1.60. The smallest absolute Gasteiger partial charge is 0.233 e. The maximum Gasteiger partial charge on any atom is 0.233 e. The van der Waals surface area contributed by atoms with Gasteiger partial charge in [0.1, 0.15) is 5.82 Å². The average Bonchev–Trinajstić information content (AvgIpc) is 3.24. The summed E-state index contributed by atoms with van der Waals surface area (Å²) in [5.74, 6) is 0.290. The van der Waals surface area contributed by atoms with Crippen LogP contribution in [0.2, 0.25) is 0 Å². The molecule has 1 fully saturated rings. The molecule has 0 aliphatic carbocycles. The van der Waals surface area contributed by atoms with Gasteiger partial charge in [-0.3, -0.25) is 4.79 Å². The molecule has 1 saturated heterocycles. The summed E-state index contributed by atoms with van der Waals surface area (Å²) in [6.45, 7) is 3.15. The lowest BCUT2D eigenvalue weighted by Crippen LogP contribution is -2.36. The van der Waals surface area contributed by atoms with E-state index >= 15 is 0 Å². The fourth-order valence-corrected chi connectivity index (χ4v) is 3.48. The van der Waals surface area contributed by atoms with Gasteiger partial charge in [0.05, 0.1) is 11.4 Å². The Morgan fingerprint density at radius 2 is 2.20 bits per heavy atom. The quantitative estimate of drug-likeness (QED) is 0.797. The predicted molar refractivity (Wildman–Crippen MR) is 93.7 cm³/mol. The molecule has 2 aromatic rings. The number of amides is 1. The molecule has 0 saturated carbocycles. The number of aromatic nitrogens is 3. The van der Waals surface area contributed by atoms with Crippen LogP contribution in [0.25, 0.3) is 11.4 Å². The van der Waals surface area contributed by atoms with Gasteiger partial charge in [0.2, 0.25) is 5.91 Å². The second-order valence-electron chi connectivity index (χ2n) is 6.01. The first kappa shape index (κ1) is 17.9. The van der Waals surface area contributed by atoms with Crippen molar-refractivity contribution in [3.63, 3.8) is 0 Å². The van der Waals surface area contributed by atoms with Crippen molar-refractivity contribution in [2.45, 2.75) is 36.3 Å². The number of rotatable bonds is 6. The molecule has 1 aromatic heterocycles. The number of carbonyl (C=O) groups excluding carboxylic acids is 1. The Bertz CT molecular complexity index is 729. The number of carbonyl (C=O) groups is 1. The third-order valence-electron chi connectivity index (χ3n) is 4.12. The van der Waals surface area contributed by atoms with Crippen LogP contribution in [0.4, 0.5) is 4.39 Å². The van der Waals surface area contributed by atoms with Gasteiger partial charge in [-0.25, -0.2) is 4.39 Å². The molecule has 2 atom stereocenters. The highest BCUT2D eigenvalue weighted by Gasteiger charge is 2.21. The highest BCUT2D eigenvalue weighted by molar-refractivity contribution is 8.00. The molecule has 1 amide bonds. The van der Waals surface area contributed by atoms with E-state index < -0.39 is 0 Å². The highest BCUT2D eigenvalue weighted by Crippen LogP contribution is 2.25. The minimum absolute atomic E-state index is 0.0492. The van der Waals surface area contributed by atoms with Crippen LogP contribution in [-0.4, -0.2) is 45.2 Å². The van der Waals surface area contributed by atoms with Gasteiger partial charge in [0.25, 0.3) is 0 Å². The standard InChI is InChI=1S/C17H21FN4O2S/c1-11(16(23)19-10-14-4-3-9-24-14)25-17-21-20-15(22(17)2)12-5-7-13(18)8-6-12/h5-8,11,14H,3-4,9-10H2,1-2H3,(H,19,23)/t11-,14-/m1/s1. The van der Waals surface area contributed by atoms with Gasteiger partial charge in [-0.05, 0) is 44.0 Å². The van der Waals surface area contributed by atoms with Gasteiger partial charge in [0, 0.05) is 25.8 Å². The Morgan fingerprint density at radius 1 is 1.44 bits per heavy atom. The molecule has 0 spiro atoms. The summed E-state index contributed by atoms with van der Waals surface area (Å²) in [5, 5.41) is 11.6. The summed E-state index contributed by atoms with van der Waals surface area (Å²) in [6, 6.07) is 6.09. The van der Waals surface area contributed by atoms with E-state index in [1.54, 1.807) is 12.1 Å². The predicted octanol–water partition coefficient (Wildman–Crippen LogP) is 2.40. The maximum absolute atomic E-state index is 13.1.